The van der Waals surface area contributed by atoms with E-state index in [1.807, 2.05) is 0 Å². The molecule has 1 atom stereocenters. The summed E-state index contributed by atoms with van der Waals surface area (Å²) in [6.45, 7) is 0. The number of amides is 2. The van der Waals surface area contributed by atoms with E-state index in [-0.39, 0.29) is 24.2 Å². The van der Waals surface area contributed by atoms with Crippen molar-refractivity contribution in [2.75, 3.05) is 0 Å². The lowest BCUT2D eigenvalue weighted by atomic mass is 10.0. The number of carbonyl (C=O) groups is 2. The van der Waals surface area contributed by atoms with Crippen LogP contribution in [-0.4, -0.2) is 23.0 Å². The first-order valence-corrected chi connectivity index (χ1v) is 7.58. The van der Waals surface area contributed by atoms with Gasteiger partial charge in [-0.15, -0.1) is 0 Å². The maximum Gasteiger partial charge on any atom is 0.263 e. The standard InChI is InChI=1S/C18H18F2N2O3/c19-17(20)13-5-1-12(2-6-13)10-16(24)22-15(18(21)25)9-11-3-7-14(23)8-4-11/h1-8,15,17,23H,9-10H2,(H2,21,25)(H,22,24)/t15-/m0/s1. The molecule has 0 bridgehead atoms. The van der Waals surface area contributed by atoms with E-state index in [4.69, 9.17) is 5.73 Å². The largest absolute Gasteiger partial charge is 0.508 e. The molecule has 2 amide bonds. The third kappa shape index (κ3) is 5.56. The minimum Gasteiger partial charge on any atom is -0.508 e. The fourth-order valence-electron chi connectivity index (χ4n) is 2.30. The summed E-state index contributed by atoms with van der Waals surface area (Å²) in [4.78, 5) is 23.6. The first kappa shape index (κ1) is 18.4. The number of phenols is 1. The number of rotatable bonds is 7. The Bertz CT molecular complexity index is 731. The highest BCUT2D eigenvalue weighted by molar-refractivity contribution is 5.87. The quantitative estimate of drug-likeness (QED) is 0.715. The molecule has 0 unspecified atom stereocenters. The topological polar surface area (TPSA) is 92.4 Å². The minimum atomic E-state index is -2.56. The first-order chi connectivity index (χ1) is 11.8. The molecule has 0 fully saturated rings. The van der Waals surface area contributed by atoms with Crippen molar-refractivity contribution in [2.24, 2.45) is 5.73 Å². The molecule has 0 saturated heterocycles. The van der Waals surface area contributed by atoms with Crippen molar-refractivity contribution in [3.8, 4) is 5.75 Å². The van der Waals surface area contributed by atoms with Gasteiger partial charge in [-0.05, 0) is 23.3 Å². The second-order valence-electron chi connectivity index (χ2n) is 5.61. The predicted molar refractivity (Wildman–Crippen MR) is 88.0 cm³/mol. The number of phenolic OH excluding ortho intramolecular Hbond substituents is 1. The van der Waals surface area contributed by atoms with Crippen LogP contribution in [0.2, 0.25) is 0 Å². The van der Waals surface area contributed by atoms with Crippen molar-refractivity contribution in [1.82, 2.24) is 5.32 Å². The Hall–Kier alpha value is -2.96. The van der Waals surface area contributed by atoms with Gasteiger partial charge in [0.2, 0.25) is 11.8 Å². The highest BCUT2D eigenvalue weighted by Crippen LogP contribution is 2.19. The number of benzene rings is 2. The molecule has 0 aliphatic carbocycles. The number of halogens is 2. The van der Waals surface area contributed by atoms with Crippen molar-refractivity contribution in [3.63, 3.8) is 0 Å². The van der Waals surface area contributed by atoms with Gasteiger partial charge in [-0.2, -0.15) is 0 Å². The van der Waals surface area contributed by atoms with Crippen molar-refractivity contribution in [1.29, 1.82) is 0 Å². The summed E-state index contributed by atoms with van der Waals surface area (Å²) >= 11 is 0. The lowest BCUT2D eigenvalue weighted by Gasteiger charge is -2.16. The molecule has 0 spiro atoms. The van der Waals surface area contributed by atoms with Gasteiger partial charge in [0, 0.05) is 12.0 Å². The maximum atomic E-state index is 12.5. The summed E-state index contributed by atoms with van der Waals surface area (Å²) in [7, 11) is 0. The summed E-state index contributed by atoms with van der Waals surface area (Å²) in [5.41, 5.74) is 6.48. The fourth-order valence-corrected chi connectivity index (χ4v) is 2.30. The normalized spacial score (nSPS) is 12.0. The molecule has 0 aliphatic heterocycles. The van der Waals surface area contributed by atoms with Crippen molar-refractivity contribution >= 4 is 11.8 Å². The molecule has 5 nitrogen and oxygen atoms in total. The number of hydrogen-bond donors (Lipinski definition) is 3. The Labute approximate surface area is 143 Å². The summed E-state index contributed by atoms with van der Waals surface area (Å²) < 4.78 is 25.0. The first-order valence-electron chi connectivity index (χ1n) is 7.58. The van der Waals surface area contributed by atoms with Crippen LogP contribution >= 0.6 is 0 Å². The summed E-state index contributed by atoms with van der Waals surface area (Å²) in [5.74, 6) is -1.03. The maximum absolute atomic E-state index is 12.5. The van der Waals surface area contributed by atoms with Crippen LogP contribution in [0.15, 0.2) is 48.5 Å². The third-order valence-corrected chi connectivity index (χ3v) is 3.65. The van der Waals surface area contributed by atoms with Gasteiger partial charge >= 0.3 is 0 Å². The van der Waals surface area contributed by atoms with Crippen LogP contribution in [0.1, 0.15) is 23.1 Å². The molecule has 2 aromatic rings. The Morgan fingerprint density at radius 2 is 1.56 bits per heavy atom. The number of nitrogens with two attached hydrogens (primary N) is 1. The van der Waals surface area contributed by atoms with E-state index in [2.05, 4.69) is 5.32 Å². The molecule has 0 aromatic heterocycles. The average Bonchev–Trinajstić information content (AvgIpc) is 2.56. The lowest BCUT2D eigenvalue weighted by Crippen LogP contribution is -2.46. The summed E-state index contributed by atoms with van der Waals surface area (Å²) in [5, 5.41) is 11.8. The van der Waals surface area contributed by atoms with Gasteiger partial charge in [0.1, 0.15) is 11.8 Å². The number of aromatic hydroxyl groups is 1. The average molecular weight is 348 g/mol. The van der Waals surface area contributed by atoms with Crippen LogP contribution in [0.4, 0.5) is 8.78 Å². The van der Waals surface area contributed by atoms with Crippen LogP contribution in [0.5, 0.6) is 5.75 Å². The number of hydrogen-bond acceptors (Lipinski definition) is 3. The summed E-state index contributed by atoms with van der Waals surface area (Å²) in [6.07, 6.45) is -2.43. The van der Waals surface area contributed by atoms with Crippen molar-refractivity contribution in [2.45, 2.75) is 25.3 Å². The molecule has 0 heterocycles. The second kappa shape index (κ2) is 8.23. The van der Waals surface area contributed by atoms with Gasteiger partial charge < -0.3 is 16.2 Å². The lowest BCUT2D eigenvalue weighted by molar-refractivity contribution is -0.127. The predicted octanol–water partition coefficient (Wildman–Crippen LogP) is 2.09. The number of carbonyl (C=O) groups excluding carboxylic acids is 2. The monoisotopic (exact) mass is 348 g/mol. The van der Waals surface area contributed by atoms with E-state index in [1.54, 1.807) is 12.1 Å². The van der Waals surface area contributed by atoms with E-state index < -0.39 is 24.3 Å². The molecule has 132 valence electrons. The Morgan fingerprint density at radius 3 is 2.08 bits per heavy atom. The van der Waals surface area contributed by atoms with E-state index in [1.165, 1.54) is 36.4 Å². The smallest absolute Gasteiger partial charge is 0.263 e. The molecule has 2 aromatic carbocycles. The van der Waals surface area contributed by atoms with Crippen LogP contribution < -0.4 is 11.1 Å². The molecule has 4 N–H and O–H groups in total. The van der Waals surface area contributed by atoms with Crippen molar-refractivity contribution < 1.29 is 23.5 Å². The summed E-state index contributed by atoms with van der Waals surface area (Å²) in [6, 6.07) is 10.7. The molecular weight excluding hydrogens is 330 g/mol. The van der Waals surface area contributed by atoms with E-state index in [0.717, 1.165) is 5.56 Å². The SMILES string of the molecule is NC(=O)[C@H](Cc1ccc(O)cc1)NC(=O)Cc1ccc(C(F)F)cc1. The van der Waals surface area contributed by atoms with Gasteiger partial charge in [-0.25, -0.2) is 8.78 Å². The number of alkyl halides is 2. The highest BCUT2D eigenvalue weighted by Gasteiger charge is 2.19. The molecule has 0 radical (unpaired) electrons. The van der Waals surface area contributed by atoms with Crippen molar-refractivity contribution in [3.05, 3.63) is 65.2 Å². The molecule has 0 aliphatic rings. The molecule has 7 heteroatoms. The number of primary amides is 1. The van der Waals surface area contributed by atoms with E-state index in [0.29, 0.717) is 5.56 Å². The van der Waals surface area contributed by atoms with E-state index >= 15 is 0 Å². The Kier molecular flexibility index (Phi) is 6.05. The van der Waals surface area contributed by atoms with Gasteiger partial charge in [-0.3, -0.25) is 9.59 Å². The molecule has 25 heavy (non-hydrogen) atoms. The zero-order chi connectivity index (χ0) is 18.4. The van der Waals surface area contributed by atoms with Gasteiger partial charge in [0.05, 0.1) is 6.42 Å². The Balaban J connectivity index is 1.97. The fraction of sp³-hybridized carbons (Fsp3) is 0.222. The van der Waals surface area contributed by atoms with Crippen LogP contribution in [0.25, 0.3) is 0 Å². The van der Waals surface area contributed by atoms with Crippen LogP contribution in [0, 0.1) is 0 Å². The highest BCUT2D eigenvalue weighted by atomic mass is 19.3. The molecular formula is C18H18F2N2O3. The van der Waals surface area contributed by atoms with Crippen LogP contribution in [0.3, 0.4) is 0 Å². The minimum absolute atomic E-state index is 0.0527. The third-order valence-electron chi connectivity index (χ3n) is 3.65. The molecule has 0 saturated carbocycles. The number of nitrogens with one attached hydrogen (secondary N) is 1. The zero-order valence-electron chi connectivity index (χ0n) is 13.3. The second-order valence-corrected chi connectivity index (χ2v) is 5.61. The van der Waals surface area contributed by atoms with Gasteiger partial charge in [0.25, 0.3) is 6.43 Å². The van der Waals surface area contributed by atoms with Gasteiger partial charge in [0.15, 0.2) is 0 Å². The van der Waals surface area contributed by atoms with E-state index in [9.17, 15) is 23.5 Å². The molecule has 2 rings (SSSR count). The Morgan fingerprint density at radius 1 is 1.00 bits per heavy atom. The van der Waals surface area contributed by atoms with Gasteiger partial charge in [-0.1, -0.05) is 36.4 Å². The zero-order valence-corrected chi connectivity index (χ0v) is 13.3. The van der Waals surface area contributed by atoms with Crippen LogP contribution in [-0.2, 0) is 22.4 Å².